The number of nitrogens with one attached hydrogen (secondary N) is 1. The van der Waals surface area contributed by atoms with Crippen molar-refractivity contribution in [1.82, 2.24) is 34.4 Å². The molecule has 1 amide bonds. The van der Waals surface area contributed by atoms with Crippen molar-refractivity contribution in [3.63, 3.8) is 0 Å². The Balaban J connectivity index is 0.00000112. The fourth-order valence-corrected chi connectivity index (χ4v) is 3.93. The van der Waals surface area contributed by atoms with E-state index in [1.165, 1.54) is 0 Å². The van der Waals surface area contributed by atoms with E-state index in [4.69, 9.17) is 10.1 Å². The van der Waals surface area contributed by atoms with E-state index in [2.05, 4.69) is 32.2 Å². The second kappa shape index (κ2) is 8.93. The molecule has 2 N–H and O–H groups in total. The van der Waals surface area contributed by atoms with Gasteiger partial charge >= 0.3 is 0 Å². The van der Waals surface area contributed by atoms with Gasteiger partial charge in [-0.05, 0) is 33.1 Å². The number of aryl methyl sites for hydroxylation is 2. The number of rotatable bonds is 5. The van der Waals surface area contributed by atoms with Crippen molar-refractivity contribution in [3.8, 4) is 11.4 Å². The van der Waals surface area contributed by atoms with Crippen LogP contribution in [0.3, 0.4) is 0 Å². The molecule has 3 aromatic heterocycles. The van der Waals surface area contributed by atoms with Crippen LogP contribution in [0.25, 0.3) is 22.6 Å². The van der Waals surface area contributed by atoms with E-state index >= 15 is 0 Å². The number of aromatic nitrogens is 6. The van der Waals surface area contributed by atoms with Crippen molar-refractivity contribution in [2.24, 2.45) is 5.92 Å². The summed E-state index contributed by atoms with van der Waals surface area (Å²) >= 11 is 0. The Bertz CT molecular complexity index is 1060. The van der Waals surface area contributed by atoms with Gasteiger partial charge < -0.3 is 19.9 Å². The van der Waals surface area contributed by atoms with Gasteiger partial charge in [0, 0.05) is 51.1 Å². The van der Waals surface area contributed by atoms with Crippen LogP contribution in [0.5, 0.6) is 0 Å². The van der Waals surface area contributed by atoms with E-state index < -0.39 is 0 Å². The number of fused-ring (bicyclic) bond motifs is 1. The lowest BCUT2D eigenvalue weighted by atomic mass is 10.2. The Hall–Kier alpha value is -3.14. The van der Waals surface area contributed by atoms with E-state index in [1.807, 2.05) is 16.4 Å². The summed E-state index contributed by atoms with van der Waals surface area (Å²) in [4.78, 5) is 36.7. The number of aliphatic hydroxyl groups is 1. The van der Waals surface area contributed by atoms with Gasteiger partial charge in [0.1, 0.15) is 18.0 Å². The summed E-state index contributed by atoms with van der Waals surface area (Å²) in [6.07, 6.45) is 8.14. The van der Waals surface area contributed by atoms with Gasteiger partial charge in [0.15, 0.2) is 17.0 Å². The minimum absolute atomic E-state index is 0.175. The van der Waals surface area contributed by atoms with Crippen molar-refractivity contribution in [1.29, 1.82) is 0 Å². The molecule has 5 rings (SSSR count). The molecule has 1 unspecified atom stereocenters. The second-order valence-corrected chi connectivity index (χ2v) is 7.78. The lowest BCUT2D eigenvalue weighted by Gasteiger charge is -2.17. The number of imidazole rings is 1. The van der Waals surface area contributed by atoms with Gasteiger partial charge in [-0.1, -0.05) is 0 Å². The molecule has 1 saturated heterocycles. The van der Waals surface area contributed by atoms with Gasteiger partial charge in [0.05, 0.1) is 5.56 Å². The molecular weight excluding hydrogens is 396 g/mol. The van der Waals surface area contributed by atoms with E-state index in [1.54, 1.807) is 18.7 Å². The third kappa shape index (κ3) is 4.20. The fourth-order valence-electron chi connectivity index (χ4n) is 3.93. The molecule has 0 radical (unpaired) electrons. The summed E-state index contributed by atoms with van der Waals surface area (Å²) in [6.45, 7) is 6.17. The van der Waals surface area contributed by atoms with Crippen LogP contribution in [0.4, 0.5) is 5.82 Å². The summed E-state index contributed by atoms with van der Waals surface area (Å²) in [6, 6.07) is 0.175. The molecule has 1 atom stereocenters. The van der Waals surface area contributed by atoms with Crippen LogP contribution >= 0.6 is 0 Å². The monoisotopic (exact) mass is 424 g/mol. The van der Waals surface area contributed by atoms with Gasteiger partial charge in [-0.15, -0.1) is 0 Å². The van der Waals surface area contributed by atoms with Crippen molar-refractivity contribution in [3.05, 3.63) is 24.5 Å². The first-order valence-corrected chi connectivity index (χ1v) is 10.6. The number of hydrogen-bond donors (Lipinski definition) is 2. The van der Waals surface area contributed by atoms with Crippen LogP contribution in [0.1, 0.15) is 32.0 Å². The summed E-state index contributed by atoms with van der Waals surface area (Å²) in [7, 11) is 1.00. The van der Waals surface area contributed by atoms with Gasteiger partial charge in [-0.3, -0.25) is 4.79 Å². The molecule has 2 fully saturated rings. The first-order valence-electron chi connectivity index (χ1n) is 10.6. The average molecular weight is 425 g/mol. The Kier molecular flexibility index (Phi) is 6.08. The van der Waals surface area contributed by atoms with Crippen LogP contribution < -0.4 is 5.32 Å². The number of amides is 1. The molecule has 1 saturated carbocycles. The number of carbonyl (C=O) groups excluding carboxylic acids is 1. The molecular formula is C21H28N8O2. The van der Waals surface area contributed by atoms with E-state index in [0.29, 0.717) is 18.3 Å². The van der Waals surface area contributed by atoms with E-state index in [9.17, 15) is 4.79 Å². The number of hydrogen-bond acceptors (Lipinski definition) is 8. The molecule has 0 spiro atoms. The SMILES string of the molecule is CCn1c(-c2cnc(C)nc2)nc2c(NC3CCN(C(=O)C4CC4)C3)ncnc21.CO. The van der Waals surface area contributed by atoms with Crippen LogP contribution in [0, 0.1) is 12.8 Å². The number of likely N-dealkylation sites (tertiary alicyclic amines) is 1. The molecule has 2 aliphatic rings. The smallest absolute Gasteiger partial charge is 0.225 e. The molecule has 1 aliphatic heterocycles. The maximum absolute atomic E-state index is 12.3. The molecule has 164 valence electrons. The summed E-state index contributed by atoms with van der Waals surface area (Å²) < 4.78 is 2.05. The van der Waals surface area contributed by atoms with Gasteiger partial charge in [0.25, 0.3) is 0 Å². The van der Waals surface area contributed by atoms with Crippen molar-refractivity contribution in [2.75, 3.05) is 25.5 Å². The molecule has 10 heteroatoms. The molecule has 3 aromatic rings. The highest BCUT2D eigenvalue weighted by atomic mass is 16.2. The minimum atomic E-state index is 0.175. The largest absolute Gasteiger partial charge is 0.400 e. The standard InChI is InChI=1S/C20H24N8O.CH4O/c1-3-28-18(14-8-21-12(2)22-9-14)26-16-17(23-11-24-19(16)28)25-15-6-7-27(10-15)20(29)13-4-5-13;1-2/h8-9,11,13,15H,3-7,10H2,1-2H3,(H,23,24,25);2H,1H3. The highest BCUT2D eigenvalue weighted by molar-refractivity contribution is 5.86. The normalized spacial score (nSPS) is 18.1. The summed E-state index contributed by atoms with van der Waals surface area (Å²) in [5, 5.41) is 10.5. The zero-order valence-electron chi connectivity index (χ0n) is 18.1. The Labute approximate surface area is 180 Å². The topological polar surface area (TPSA) is 122 Å². The first-order chi connectivity index (χ1) is 15.1. The first kappa shape index (κ1) is 21.1. The number of aliphatic hydroxyl groups excluding tert-OH is 1. The number of anilines is 1. The van der Waals surface area contributed by atoms with Crippen LogP contribution in [-0.2, 0) is 11.3 Å². The summed E-state index contributed by atoms with van der Waals surface area (Å²) in [5.74, 6) is 2.78. The third-order valence-corrected chi connectivity index (χ3v) is 5.65. The van der Waals surface area contributed by atoms with Gasteiger partial charge in [-0.25, -0.2) is 24.9 Å². The van der Waals surface area contributed by atoms with E-state index in [0.717, 1.165) is 67.8 Å². The predicted octanol–water partition coefficient (Wildman–Crippen LogP) is 1.64. The quantitative estimate of drug-likeness (QED) is 0.634. The molecule has 4 heterocycles. The lowest BCUT2D eigenvalue weighted by molar-refractivity contribution is -0.131. The Morgan fingerprint density at radius 2 is 1.90 bits per heavy atom. The zero-order valence-corrected chi connectivity index (χ0v) is 18.1. The predicted molar refractivity (Wildman–Crippen MR) is 116 cm³/mol. The van der Waals surface area contributed by atoms with Gasteiger partial charge in [0.2, 0.25) is 5.91 Å². The Morgan fingerprint density at radius 1 is 1.16 bits per heavy atom. The van der Waals surface area contributed by atoms with Crippen LogP contribution in [0.2, 0.25) is 0 Å². The maximum Gasteiger partial charge on any atom is 0.225 e. The van der Waals surface area contributed by atoms with Crippen molar-refractivity contribution in [2.45, 2.75) is 45.7 Å². The average Bonchev–Trinajstić information content (AvgIpc) is 3.43. The van der Waals surface area contributed by atoms with E-state index in [-0.39, 0.29) is 12.0 Å². The van der Waals surface area contributed by atoms with Crippen molar-refractivity contribution < 1.29 is 9.90 Å². The highest BCUT2D eigenvalue weighted by Crippen LogP contribution is 2.33. The summed E-state index contributed by atoms with van der Waals surface area (Å²) in [5.41, 5.74) is 2.37. The maximum atomic E-state index is 12.3. The number of carbonyl (C=O) groups is 1. The molecule has 0 aromatic carbocycles. The fraction of sp³-hybridized carbons (Fsp3) is 0.524. The zero-order chi connectivity index (χ0) is 22.0. The minimum Gasteiger partial charge on any atom is -0.400 e. The second-order valence-electron chi connectivity index (χ2n) is 7.78. The molecule has 0 bridgehead atoms. The van der Waals surface area contributed by atoms with Crippen molar-refractivity contribution >= 4 is 22.9 Å². The van der Waals surface area contributed by atoms with Crippen LogP contribution in [0.15, 0.2) is 18.7 Å². The van der Waals surface area contributed by atoms with Gasteiger partial charge in [-0.2, -0.15) is 0 Å². The lowest BCUT2D eigenvalue weighted by Crippen LogP contribution is -2.32. The Morgan fingerprint density at radius 3 is 2.58 bits per heavy atom. The molecule has 31 heavy (non-hydrogen) atoms. The molecule has 10 nitrogen and oxygen atoms in total. The van der Waals surface area contributed by atoms with Crippen LogP contribution in [-0.4, -0.2) is 71.6 Å². The molecule has 1 aliphatic carbocycles. The third-order valence-electron chi connectivity index (χ3n) is 5.65. The highest BCUT2D eigenvalue weighted by Gasteiger charge is 2.36. The number of nitrogens with zero attached hydrogens (tertiary/aromatic N) is 7.